The van der Waals surface area contributed by atoms with Gasteiger partial charge >= 0.3 is 5.97 Å². The highest BCUT2D eigenvalue weighted by molar-refractivity contribution is 8.15. The van der Waals surface area contributed by atoms with Gasteiger partial charge < -0.3 is 10.4 Å². The second kappa shape index (κ2) is 10.5. The van der Waals surface area contributed by atoms with E-state index in [1.54, 1.807) is 29.2 Å². The van der Waals surface area contributed by atoms with E-state index in [4.69, 9.17) is 16.7 Å². The Kier molecular flexibility index (Phi) is 7.30. The van der Waals surface area contributed by atoms with Crippen LogP contribution in [0.2, 0.25) is 5.02 Å². The summed E-state index contributed by atoms with van der Waals surface area (Å²) in [6.45, 7) is 0.341. The van der Waals surface area contributed by atoms with Gasteiger partial charge in [-0.2, -0.15) is 0 Å². The maximum Gasteiger partial charge on any atom is 0.335 e. The Balaban J connectivity index is 1.50. The highest BCUT2D eigenvalue weighted by Gasteiger charge is 2.39. The molecule has 1 aliphatic rings. The van der Waals surface area contributed by atoms with Crippen molar-refractivity contribution < 1.29 is 19.5 Å². The van der Waals surface area contributed by atoms with Crippen LogP contribution in [0, 0.1) is 0 Å². The smallest absolute Gasteiger partial charge is 0.335 e. The Morgan fingerprint density at radius 1 is 1.00 bits per heavy atom. The quantitative estimate of drug-likeness (QED) is 0.471. The lowest BCUT2D eigenvalue weighted by Crippen LogP contribution is -2.33. The first kappa shape index (κ1) is 23.5. The van der Waals surface area contributed by atoms with E-state index in [2.05, 4.69) is 10.3 Å². The van der Waals surface area contributed by atoms with E-state index < -0.39 is 11.2 Å². The van der Waals surface area contributed by atoms with Crippen molar-refractivity contribution in [3.8, 4) is 0 Å². The minimum absolute atomic E-state index is 0.0465. The summed E-state index contributed by atoms with van der Waals surface area (Å²) in [6.07, 6.45) is -0.0465. The van der Waals surface area contributed by atoms with Crippen LogP contribution in [-0.4, -0.2) is 38.2 Å². The fourth-order valence-electron chi connectivity index (χ4n) is 3.34. The number of halogens is 1. The molecule has 1 fully saturated rings. The number of hydrogen-bond acceptors (Lipinski definition) is 5. The Hall–Kier alpha value is -3.62. The number of benzene rings is 3. The first-order valence-electron chi connectivity index (χ1n) is 10.4. The van der Waals surface area contributed by atoms with Gasteiger partial charge in [0.1, 0.15) is 5.25 Å². The fraction of sp³-hybridized carbons (Fsp3) is 0.120. The fourth-order valence-corrected chi connectivity index (χ4v) is 4.62. The zero-order valence-corrected chi connectivity index (χ0v) is 19.4. The molecule has 3 aromatic carbocycles. The molecule has 0 spiro atoms. The van der Waals surface area contributed by atoms with Crippen molar-refractivity contribution >= 4 is 57.7 Å². The van der Waals surface area contributed by atoms with Crippen LogP contribution in [0.15, 0.2) is 83.9 Å². The normalized spacial score (nSPS) is 16.6. The van der Waals surface area contributed by atoms with Crippen molar-refractivity contribution in [3.05, 3.63) is 95.0 Å². The third-order valence-corrected chi connectivity index (χ3v) is 6.47. The molecule has 2 amide bonds. The Morgan fingerprint density at radius 3 is 2.32 bits per heavy atom. The van der Waals surface area contributed by atoms with Gasteiger partial charge in [-0.05, 0) is 54.1 Å². The molecular weight excluding hydrogens is 474 g/mol. The number of aromatic carboxylic acids is 1. The number of nitrogens with one attached hydrogen (secondary N) is 1. The molecule has 172 valence electrons. The van der Waals surface area contributed by atoms with Crippen molar-refractivity contribution in [2.45, 2.75) is 18.2 Å². The van der Waals surface area contributed by atoms with Gasteiger partial charge in [-0.3, -0.25) is 14.5 Å². The van der Waals surface area contributed by atoms with E-state index in [0.29, 0.717) is 28.1 Å². The molecule has 1 saturated heterocycles. The van der Waals surface area contributed by atoms with Crippen molar-refractivity contribution in [3.63, 3.8) is 0 Å². The van der Waals surface area contributed by atoms with E-state index in [9.17, 15) is 14.4 Å². The van der Waals surface area contributed by atoms with Gasteiger partial charge in [0.05, 0.1) is 17.8 Å². The highest BCUT2D eigenvalue weighted by Crippen LogP contribution is 2.33. The molecule has 1 unspecified atom stereocenters. The van der Waals surface area contributed by atoms with Gasteiger partial charge in [-0.25, -0.2) is 9.79 Å². The highest BCUT2D eigenvalue weighted by atomic mass is 35.5. The number of amides is 2. The minimum Gasteiger partial charge on any atom is -0.478 e. The summed E-state index contributed by atoms with van der Waals surface area (Å²) in [5.41, 5.74) is 2.19. The average Bonchev–Trinajstić information content (AvgIpc) is 3.10. The molecular formula is C25H20ClN3O4S. The molecule has 1 atom stereocenters. The van der Waals surface area contributed by atoms with Crippen LogP contribution < -0.4 is 5.32 Å². The lowest BCUT2D eigenvalue weighted by atomic mass is 10.2. The van der Waals surface area contributed by atoms with Crippen LogP contribution in [0.5, 0.6) is 0 Å². The number of hydrogen-bond donors (Lipinski definition) is 2. The second-order valence-corrected chi connectivity index (χ2v) is 9.13. The maximum absolute atomic E-state index is 13.2. The van der Waals surface area contributed by atoms with Gasteiger partial charge in [-0.1, -0.05) is 53.7 Å². The molecule has 2 N–H and O–H groups in total. The third kappa shape index (κ3) is 5.84. The number of thioether (sulfide) groups is 1. The van der Waals surface area contributed by atoms with Gasteiger partial charge in [0.25, 0.3) is 0 Å². The van der Waals surface area contributed by atoms with Gasteiger partial charge in [0, 0.05) is 17.1 Å². The number of carboxylic acids is 1. The van der Waals surface area contributed by atoms with Crippen LogP contribution in [0.3, 0.4) is 0 Å². The monoisotopic (exact) mass is 493 g/mol. The molecule has 34 heavy (non-hydrogen) atoms. The summed E-state index contributed by atoms with van der Waals surface area (Å²) in [7, 11) is 0. The van der Waals surface area contributed by atoms with Crippen LogP contribution in [0.25, 0.3) is 0 Å². The van der Waals surface area contributed by atoms with Crippen LogP contribution >= 0.6 is 23.4 Å². The number of carbonyl (C=O) groups is 3. The minimum atomic E-state index is -1.04. The maximum atomic E-state index is 13.2. The van der Waals surface area contributed by atoms with Crippen molar-refractivity contribution in [2.75, 3.05) is 5.32 Å². The molecule has 0 aromatic heterocycles. The summed E-state index contributed by atoms with van der Waals surface area (Å²) in [6, 6.07) is 22.4. The molecule has 0 radical (unpaired) electrons. The molecule has 0 saturated carbocycles. The molecule has 3 aromatic rings. The zero-order valence-electron chi connectivity index (χ0n) is 17.8. The molecule has 0 aliphatic carbocycles. The summed E-state index contributed by atoms with van der Waals surface area (Å²) < 4.78 is 0. The van der Waals surface area contributed by atoms with Crippen LogP contribution in [0.4, 0.5) is 11.4 Å². The van der Waals surface area contributed by atoms with Crippen molar-refractivity contribution in [2.24, 2.45) is 4.99 Å². The average molecular weight is 494 g/mol. The van der Waals surface area contributed by atoms with Gasteiger partial charge in [0.15, 0.2) is 5.17 Å². The van der Waals surface area contributed by atoms with Crippen LogP contribution in [0.1, 0.15) is 22.3 Å². The van der Waals surface area contributed by atoms with E-state index >= 15 is 0 Å². The third-order valence-electron chi connectivity index (χ3n) is 5.04. The number of nitrogens with zero attached hydrogens (tertiary/aromatic N) is 2. The van der Waals surface area contributed by atoms with Crippen LogP contribution in [-0.2, 0) is 16.1 Å². The summed E-state index contributed by atoms with van der Waals surface area (Å²) in [5, 5.41) is 12.2. The Bertz CT molecular complexity index is 1230. The Morgan fingerprint density at radius 2 is 1.68 bits per heavy atom. The largest absolute Gasteiger partial charge is 0.478 e. The van der Waals surface area contributed by atoms with Crippen molar-refractivity contribution in [1.82, 2.24) is 4.90 Å². The first-order valence-corrected chi connectivity index (χ1v) is 11.6. The summed E-state index contributed by atoms with van der Waals surface area (Å²) in [5.74, 6) is -1.59. The number of anilines is 1. The number of aliphatic imine (C=N–C) groups is 1. The van der Waals surface area contributed by atoms with Gasteiger partial charge in [-0.15, -0.1) is 0 Å². The van der Waals surface area contributed by atoms with E-state index in [1.165, 1.54) is 36.0 Å². The van der Waals surface area contributed by atoms with E-state index in [1.807, 2.05) is 30.3 Å². The summed E-state index contributed by atoms with van der Waals surface area (Å²) in [4.78, 5) is 43.1. The number of carboxylic acid groups (broad SMARTS) is 1. The number of rotatable bonds is 7. The predicted molar refractivity (Wildman–Crippen MR) is 134 cm³/mol. The zero-order chi connectivity index (χ0) is 24.1. The Labute approximate surface area is 205 Å². The number of amidine groups is 1. The second-order valence-electron chi connectivity index (χ2n) is 7.52. The lowest BCUT2D eigenvalue weighted by Gasteiger charge is -2.16. The predicted octanol–water partition coefficient (Wildman–Crippen LogP) is 5.20. The van der Waals surface area contributed by atoms with E-state index in [0.717, 1.165) is 5.56 Å². The molecule has 0 bridgehead atoms. The molecule has 9 heteroatoms. The SMILES string of the molecule is O=C(CC1SC(=Nc2ccc(Cl)cc2)N(Cc2ccccc2)C1=O)Nc1ccc(C(=O)O)cc1. The molecule has 1 aliphatic heterocycles. The molecule has 4 rings (SSSR count). The summed E-state index contributed by atoms with van der Waals surface area (Å²) >= 11 is 7.21. The molecule has 7 nitrogen and oxygen atoms in total. The first-order chi connectivity index (χ1) is 16.4. The molecule has 1 heterocycles. The van der Waals surface area contributed by atoms with E-state index in [-0.39, 0.29) is 23.8 Å². The standard InChI is InChI=1S/C25H20ClN3O4S/c26-18-8-12-20(13-9-18)28-25-29(15-16-4-2-1-3-5-16)23(31)21(34-25)14-22(30)27-19-10-6-17(7-11-19)24(32)33/h1-13,21H,14-15H2,(H,27,30)(H,32,33). The number of carbonyl (C=O) groups excluding carboxylic acids is 2. The van der Waals surface area contributed by atoms with Gasteiger partial charge in [0.2, 0.25) is 11.8 Å². The lowest BCUT2D eigenvalue weighted by molar-refractivity contribution is -0.128. The topological polar surface area (TPSA) is 99.1 Å². The van der Waals surface area contributed by atoms with Crippen molar-refractivity contribution in [1.29, 1.82) is 0 Å².